The summed E-state index contributed by atoms with van der Waals surface area (Å²) < 4.78 is 0. The third-order valence-corrected chi connectivity index (χ3v) is 6.06. The van der Waals surface area contributed by atoms with Crippen LogP contribution in [0.15, 0.2) is 41.2 Å². The molecule has 0 aliphatic heterocycles. The molecule has 0 fully saturated rings. The molecule has 10 nitrogen and oxygen atoms in total. The van der Waals surface area contributed by atoms with Crippen molar-refractivity contribution in [2.24, 2.45) is 0 Å². The average Bonchev–Trinajstić information content (AvgIpc) is 2.86. The van der Waals surface area contributed by atoms with Gasteiger partial charge in [-0.05, 0) is 71.6 Å². The van der Waals surface area contributed by atoms with E-state index in [1.807, 2.05) is 51.9 Å². The molecule has 0 aliphatic carbocycles. The molecule has 0 atom stereocenters. The second-order valence-electron chi connectivity index (χ2n) is 10.0. The first-order chi connectivity index (χ1) is 18.5. The molecule has 0 spiro atoms. The highest BCUT2D eigenvalue weighted by atomic mass is 16.2. The molecule has 0 unspecified atom stereocenters. The average molecular weight is 532 g/mol. The second-order valence-corrected chi connectivity index (χ2v) is 10.0. The smallest absolute Gasteiger partial charge is 0.253 e. The van der Waals surface area contributed by atoms with E-state index in [1.54, 1.807) is 31.2 Å². The summed E-state index contributed by atoms with van der Waals surface area (Å²) in [6.07, 6.45) is 1.09. The minimum absolute atomic E-state index is 0.00932. The second kappa shape index (κ2) is 13.0. The maximum atomic E-state index is 13.4. The Hall–Kier alpha value is -4.31. The first kappa shape index (κ1) is 29.2. The van der Waals surface area contributed by atoms with Crippen molar-refractivity contribution >= 4 is 23.8 Å². The number of hydrogen-bond donors (Lipinski definition) is 5. The lowest BCUT2D eigenvalue weighted by atomic mass is 10.0. The Bertz CT molecular complexity index is 1430. The Morgan fingerprint density at radius 2 is 1.85 bits per heavy atom. The highest BCUT2D eigenvalue weighted by molar-refractivity contribution is 6.05. The quantitative estimate of drug-likeness (QED) is 0.241. The van der Waals surface area contributed by atoms with Crippen molar-refractivity contribution in [2.45, 2.75) is 40.3 Å². The molecule has 2 heterocycles. The van der Waals surface area contributed by atoms with Gasteiger partial charge in [0.05, 0.1) is 11.3 Å². The number of aryl methyl sites for hydroxylation is 2. The highest BCUT2D eigenvalue weighted by Crippen LogP contribution is 2.26. The number of carbonyl (C=O) groups excluding carboxylic acids is 2. The number of nitrogens with one attached hydrogen (secondary N) is 5. The molecule has 3 rings (SSSR count). The lowest BCUT2D eigenvalue weighted by molar-refractivity contribution is 0.0942. The lowest BCUT2D eigenvalue weighted by Gasteiger charge is -2.17. The number of anilines is 1. The summed E-state index contributed by atoms with van der Waals surface area (Å²) in [7, 11) is 3.87. The molecule has 2 aromatic heterocycles. The van der Waals surface area contributed by atoms with Crippen molar-refractivity contribution in [1.29, 1.82) is 5.41 Å². The number of benzene rings is 1. The van der Waals surface area contributed by atoms with E-state index in [9.17, 15) is 14.4 Å². The van der Waals surface area contributed by atoms with E-state index in [0.717, 1.165) is 24.0 Å². The van der Waals surface area contributed by atoms with Gasteiger partial charge in [-0.25, -0.2) is 4.98 Å². The van der Waals surface area contributed by atoms with Gasteiger partial charge >= 0.3 is 0 Å². The van der Waals surface area contributed by atoms with Gasteiger partial charge in [0, 0.05) is 59.8 Å². The molecule has 0 aliphatic rings. The van der Waals surface area contributed by atoms with E-state index in [4.69, 9.17) is 10.4 Å². The maximum Gasteiger partial charge on any atom is 0.253 e. The van der Waals surface area contributed by atoms with Crippen LogP contribution in [0.3, 0.4) is 0 Å². The Morgan fingerprint density at radius 3 is 2.49 bits per heavy atom. The van der Waals surface area contributed by atoms with Crippen LogP contribution in [0.5, 0.6) is 0 Å². The monoisotopic (exact) mass is 531 g/mol. The largest absolute Gasteiger partial charge is 0.367 e. The molecule has 0 bridgehead atoms. The van der Waals surface area contributed by atoms with Crippen molar-refractivity contribution < 1.29 is 9.59 Å². The van der Waals surface area contributed by atoms with Crippen molar-refractivity contribution in [1.82, 2.24) is 25.5 Å². The zero-order chi connectivity index (χ0) is 28.7. The predicted octanol–water partition coefficient (Wildman–Crippen LogP) is 3.09. The summed E-state index contributed by atoms with van der Waals surface area (Å²) >= 11 is 0. The van der Waals surface area contributed by atoms with E-state index in [1.165, 1.54) is 0 Å². The van der Waals surface area contributed by atoms with Crippen LogP contribution in [-0.4, -0.2) is 66.1 Å². The van der Waals surface area contributed by atoms with Crippen LogP contribution in [0.4, 0.5) is 5.82 Å². The number of pyridine rings is 2. The first-order valence-electron chi connectivity index (χ1n) is 12.8. The SMILES string of the molecule is Cc1cc(C)c(CNC(=O)c2cc(-c3cccc(C(=O)NCCN(C)C)c3)nc(NC(C)C)c2C=N)c(=O)[nH]1. The van der Waals surface area contributed by atoms with Crippen molar-refractivity contribution in [3.05, 3.63) is 80.3 Å². The van der Waals surface area contributed by atoms with Crippen LogP contribution >= 0.6 is 0 Å². The number of hydrogen-bond acceptors (Lipinski definition) is 7. The molecule has 0 saturated heterocycles. The minimum Gasteiger partial charge on any atom is -0.367 e. The highest BCUT2D eigenvalue weighted by Gasteiger charge is 2.20. The van der Waals surface area contributed by atoms with E-state index in [-0.39, 0.29) is 29.6 Å². The Labute approximate surface area is 228 Å². The van der Waals surface area contributed by atoms with Gasteiger partial charge in [0.25, 0.3) is 17.4 Å². The zero-order valence-corrected chi connectivity index (χ0v) is 23.4. The molecule has 39 heavy (non-hydrogen) atoms. The fourth-order valence-electron chi connectivity index (χ4n) is 4.10. The summed E-state index contributed by atoms with van der Waals surface area (Å²) in [5.74, 6) is -0.263. The standard InChI is InChI=1S/C29H37N7O3/c1-17(2)33-26-23(15-30)22(28(38)32-16-24-18(3)12-19(4)34-29(24)39)14-25(35-26)20-8-7-9-21(13-20)27(37)31-10-11-36(5)6/h7-9,12-15,17,30H,10-11,16H2,1-6H3,(H,31,37)(H,32,38)(H,33,35)(H,34,39). The van der Waals surface area contributed by atoms with Crippen LogP contribution in [0.2, 0.25) is 0 Å². The van der Waals surface area contributed by atoms with Gasteiger partial charge in [-0.2, -0.15) is 0 Å². The molecule has 0 radical (unpaired) electrons. The van der Waals surface area contributed by atoms with Crippen LogP contribution < -0.4 is 21.5 Å². The van der Waals surface area contributed by atoms with Crippen LogP contribution in [0, 0.1) is 19.3 Å². The third kappa shape index (κ3) is 7.61. The summed E-state index contributed by atoms with van der Waals surface area (Å²) in [6, 6.07) is 10.5. The van der Waals surface area contributed by atoms with Gasteiger partial charge in [0.2, 0.25) is 0 Å². The van der Waals surface area contributed by atoms with Gasteiger partial charge in [-0.15, -0.1) is 0 Å². The Balaban J connectivity index is 1.98. The number of carbonyl (C=O) groups is 2. The summed E-state index contributed by atoms with van der Waals surface area (Å²) in [4.78, 5) is 48.0. The number of amides is 2. The van der Waals surface area contributed by atoms with Crippen LogP contribution in [0.1, 0.15) is 56.9 Å². The van der Waals surface area contributed by atoms with Crippen molar-refractivity contribution in [2.75, 3.05) is 32.5 Å². The third-order valence-electron chi connectivity index (χ3n) is 6.06. The molecule has 1 aromatic carbocycles. The Morgan fingerprint density at radius 1 is 1.10 bits per heavy atom. The van der Waals surface area contributed by atoms with Gasteiger partial charge < -0.3 is 31.2 Å². The van der Waals surface area contributed by atoms with E-state index >= 15 is 0 Å². The molecular weight excluding hydrogens is 494 g/mol. The van der Waals surface area contributed by atoms with Crippen molar-refractivity contribution in [3.8, 4) is 11.3 Å². The summed E-state index contributed by atoms with van der Waals surface area (Å²) in [5.41, 5.74) is 3.91. The summed E-state index contributed by atoms with van der Waals surface area (Å²) in [5, 5.41) is 17.0. The number of aromatic amines is 1. The molecule has 206 valence electrons. The van der Waals surface area contributed by atoms with Crippen molar-refractivity contribution in [3.63, 3.8) is 0 Å². The maximum absolute atomic E-state index is 13.4. The minimum atomic E-state index is -0.444. The summed E-state index contributed by atoms with van der Waals surface area (Å²) in [6.45, 7) is 8.76. The topological polar surface area (TPSA) is 143 Å². The number of rotatable bonds is 11. The molecular formula is C29H37N7O3. The number of nitrogens with zero attached hydrogens (tertiary/aromatic N) is 2. The van der Waals surface area contributed by atoms with Crippen LogP contribution in [0.25, 0.3) is 11.3 Å². The van der Waals surface area contributed by atoms with E-state index < -0.39 is 5.91 Å². The zero-order valence-electron chi connectivity index (χ0n) is 23.4. The molecule has 10 heteroatoms. The van der Waals surface area contributed by atoms with Gasteiger partial charge in [-0.1, -0.05) is 12.1 Å². The molecule has 0 saturated carbocycles. The van der Waals surface area contributed by atoms with Gasteiger partial charge in [0.15, 0.2) is 0 Å². The molecule has 3 aromatic rings. The normalized spacial score (nSPS) is 11.0. The Kier molecular flexibility index (Phi) is 9.73. The number of likely N-dealkylation sites (N-methyl/N-ethyl adjacent to an activating group) is 1. The fourth-order valence-corrected chi connectivity index (χ4v) is 4.10. The van der Waals surface area contributed by atoms with Crippen LogP contribution in [-0.2, 0) is 6.54 Å². The first-order valence-corrected chi connectivity index (χ1v) is 12.8. The van der Waals surface area contributed by atoms with E-state index in [0.29, 0.717) is 40.3 Å². The lowest BCUT2D eigenvalue weighted by Crippen LogP contribution is -2.31. The number of aromatic nitrogens is 2. The van der Waals surface area contributed by atoms with Gasteiger partial charge in [-0.3, -0.25) is 14.4 Å². The number of H-pyrrole nitrogens is 1. The van der Waals surface area contributed by atoms with E-state index in [2.05, 4.69) is 20.9 Å². The predicted molar refractivity (Wildman–Crippen MR) is 155 cm³/mol. The fraction of sp³-hybridized carbons (Fsp3) is 0.345. The molecule has 5 N–H and O–H groups in total. The van der Waals surface area contributed by atoms with Gasteiger partial charge in [0.1, 0.15) is 5.82 Å². The molecule has 2 amide bonds.